The Morgan fingerprint density at radius 3 is 2.74 bits per heavy atom. The van der Waals surface area contributed by atoms with Gasteiger partial charge in [0.05, 0.1) is 5.92 Å². The van der Waals surface area contributed by atoms with Gasteiger partial charge in [-0.1, -0.05) is 32.0 Å². The fourth-order valence-electron chi connectivity index (χ4n) is 3.56. The SMILES string of the molecule is CC(C)c1ccccc1N1CC(C(=O)Nc2ccc3c(c2)OCO3)CC1=O. The highest BCUT2D eigenvalue weighted by atomic mass is 16.7. The van der Waals surface area contributed by atoms with Gasteiger partial charge in [0.1, 0.15) is 0 Å². The van der Waals surface area contributed by atoms with Gasteiger partial charge in [-0.2, -0.15) is 0 Å². The summed E-state index contributed by atoms with van der Waals surface area (Å²) >= 11 is 0. The number of hydrogen-bond donors (Lipinski definition) is 1. The Labute approximate surface area is 158 Å². The quantitative estimate of drug-likeness (QED) is 0.899. The molecule has 0 saturated carbocycles. The second-order valence-corrected chi connectivity index (χ2v) is 7.18. The number of amides is 2. The second kappa shape index (κ2) is 6.95. The molecule has 1 saturated heterocycles. The van der Waals surface area contributed by atoms with Gasteiger partial charge in [-0.05, 0) is 29.7 Å². The molecule has 0 aliphatic carbocycles. The molecule has 140 valence electrons. The lowest BCUT2D eigenvalue weighted by Crippen LogP contribution is -2.28. The van der Waals surface area contributed by atoms with Crippen molar-refractivity contribution >= 4 is 23.2 Å². The van der Waals surface area contributed by atoms with E-state index < -0.39 is 0 Å². The number of nitrogens with zero attached hydrogens (tertiary/aromatic N) is 1. The molecule has 1 N–H and O–H groups in total. The van der Waals surface area contributed by atoms with Crippen LogP contribution >= 0.6 is 0 Å². The van der Waals surface area contributed by atoms with Crippen molar-refractivity contribution in [3.05, 3.63) is 48.0 Å². The van der Waals surface area contributed by atoms with Crippen molar-refractivity contribution in [1.82, 2.24) is 0 Å². The number of carbonyl (C=O) groups is 2. The molecule has 1 atom stereocenters. The summed E-state index contributed by atoms with van der Waals surface area (Å²) in [6.45, 7) is 4.78. The zero-order chi connectivity index (χ0) is 19.0. The Morgan fingerprint density at radius 1 is 1.15 bits per heavy atom. The summed E-state index contributed by atoms with van der Waals surface area (Å²) in [6.07, 6.45) is 0.211. The van der Waals surface area contributed by atoms with E-state index in [1.165, 1.54) is 0 Å². The smallest absolute Gasteiger partial charge is 0.231 e. The molecule has 0 spiro atoms. The van der Waals surface area contributed by atoms with E-state index in [2.05, 4.69) is 19.2 Å². The standard InChI is InChI=1S/C21H22N2O4/c1-13(2)16-5-3-4-6-17(16)23-11-14(9-20(23)24)21(25)22-15-7-8-18-19(10-15)27-12-26-18/h3-8,10,13-14H,9,11-12H2,1-2H3,(H,22,25). The van der Waals surface area contributed by atoms with Crippen LogP contribution in [-0.2, 0) is 9.59 Å². The van der Waals surface area contributed by atoms with E-state index in [9.17, 15) is 9.59 Å². The molecule has 0 bridgehead atoms. The normalized spacial score (nSPS) is 18.3. The van der Waals surface area contributed by atoms with Crippen molar-refractivity contribution in [2.24, 2.45) is 5.92 Å². The number of carbonyl (C=O) groups excluding carboxylic acids is 2. The maximum Gasteiger partial charge on any atom is 0.231 e. The molecular weight excluding hydrogens is 344 g/mol. The monoisotopic (exact) mass is 366 g/mol. The Hall–Kier alpha value is -3.02. The maximum absolute atomic E-state index is 12.7. The van der Waals surface area contributed by atoms with Crippen LogP contribution in [0.25, 0.3) is 0 Å². The molecule has 0 aromatic heterocycles. The average Bonchev–Trinajstić information content (AvgIpc) is 3.27. The zero-order valence-electron chi connectivity index (χ0n) is 15.4. The lowest BCUT2D eigenvalue weighted by molar-refractivity contribution is -0.122. The highest BCUT2D eigenvalue weighted by Crippen LogP contribution is 2.35. The van der Waals surface area contributed by atoms with Gasteiger partial charge in [-0.3, -0.25) is 9.59 Å². The number of rotatable bonds is 4. The van der Waals surface area contributed by atoms with Crippen LogP contribution < -0.4 is 19.7 Å². The molecule has 2 aliphatic rings. The minimum atomic E-state index is -0.386. The van der Waals surface area contributed by atoms with E-state index in [0.717, 1.165) is 11.3 Å². The summed E-state index contributed by atoms with van der Waals surface area (Å²) in [5.74, 6) is 1.02. The first-order valence-corrected chi connectivity index (χ1v) is 9.12. The first kappa shape index (κ1) is 17.4. The molecule has 27 heavy (non-hydrogen) atoms. The highest BCUT2D eigenvalue weighted by molar-refractivity contribution is 6.04. The fourth-order valence-corrected chi connectivity index (χ4v) is 3.56. The number of fused-ring (bicyclic) bond motifs is 1. The molecule has 1 fully saturated rings. The van der Waals surface area contributed by atoms with Crippen LogP contribution in [0.4, 0.5) is 11.4 Å². The van der Waals surface area contributed by atoms with E-state index in [1.54, 1.807) is 23.1 Å². The summed E-state index contributed by atoms with van der Waals surface area (Å²) < 4.78 is 10.6. The Kier molecular flexibility index (Phi) is 4.48. The molecule has 6 heteroatoms. The first-order chi connectivity index (χ1) is 13.0. The van der Waals surface area contributed by atoms with Gasteiger partial charge in [-0.25, -0.2) is 0 Å². The predicted octanol–water partition coefficient (Wildman–Crippen LogP) is 3.53. The molecule has 4 rings (SSSR count). The summed E-state index contributed by atoms with van der Waals surface area (Å²) in [7, 11) is 0. The summed E-state index contributed by atoms with van der Waals surface area (Å²) in [5, 5.41) is 2.89. The fraction of sp³-hybridized carbons (Fsp3) is 0.333. The minimum absolute atomic E-state index is 0.0195. The molecule has 2 amide bonds. The van der Waals surface area contributed by atoms with E-state index in [1.807, 2.05) is 24.3 Å². The van der Waals surface area contributed by atoms with Gasteiger partial charge in [0.15, 0.2) is 11.5 Å². The van der Waals surface area contributed by atoms with Gasteiger partial charge in [-0.15, -0.1) is 0 Å². The van der Waals surface area contributed by atoms with Crippen LogP contribution in [0.1, 0.15) is 31.7 Å². The summed E-state index contributed by atoms with van der Waals surface area (Å²) in [4.78, 5) is 27.0. The number of benzene rings is 2. The average molecular weight is 366 g/mol. The highest BCUT2D eigenvalue weighted by Gasteiger charge is 2.36. The molecular formula is C21H22N2O4. The van der Waals surface area contributed by atoms with Gasteiger partial charge >= 0.3 is 0 Å². The molecule has 2 heterocycles. The molecule has 2 aromatic carbocycles. The third-order valence-electron chi connectivity index (χ3n) is 4.99. The molecule has 2 aromatic rings. The van der Waals surface area contributed by atoms with Crippen LogP contribution in [0, 0.1) is 5.92 Å². The molecule has 0 radical (unpaired) electrons. The van der Waals surface area contributed by atoms with Crippen molar-refractivity contribution in [3.8, 4) is 11.5 Å². The number of ether oxygens (including phenoxy) is 2. The predicted molar refractivity (Wildman–Crippen MR) is 102 cm³/mol. The van der Waals surface area contributed by atoms with E-state index >= 15 is 0 Å². The number of hydrogen-bond acceptors (Lipinski definition) is 4. The van der Waals surface area contributed by atoms with Crippen LogP contribution in [0.2, 0.25) is 0 Å². The third kappa shape index (κ3) is 3.35. The van der Waals surface area contributed by atoms with Crippen LogP contribution in [0.3, 0.4) is 0 Å². The Bertz CT molecular complexity index is 894. The number of anilines is 2. The van der Waals surface area contributed by atoms with Crippen molar-refractivity contribution in [2.45, 2.75) is 26.2 Å². The van der Waals surface area contributed by atoms with E-state index in [4.69, 9.17) is 9.47 Å². The third-order valence-corrected chi connectivity index (χ3v) is 4.99. The number of para-hydroxylation sites is 1. The first-order valence-electron chi connectivity index (χ1n) is 9.12. The molecule has 2 aliphatic heterocycles. The minimum Gasteiger partial charge on any atom is -0.454 e. The van der Waals surface area contributed by atoms with Crippen LogP contribution in [0.15, 0.2) is 42.5 Å². The lowest BCUT2D eigenvalue weighted by Gasteiger charge is -2.22. The zero-order valence-corrected chi connectivity index (χ0v) is 15.4. The van der Waals surface area contributed by atoms with Crippen molar-refractivity contribution < 1.29 is 19.1 Å². The summed E-state index contributed by atoms with van der Waals surface area (Å²) in [5.41, 5.74) is 2.65. The Balaban J connectivity index is 1.48. The van der Waals surface area contributed by atoms with Gasteiger partial charge < -0.3 is 19.7 Å². The van der Waals surface area contributed by atoms with E-state index in [-0.39, 0.29) is 30.9 Å². The van der Waals surface area contributed by atoms with E-state index in [0.29, 0.717) is 29.6 Å². The maximum atomic E-state index is 12.7. The second-order valence-electron chi connectivity index (χ2n) is 7.18. The van der Waals surface area contributed by atoms with Gasteiger partial charge in [0.25, 0.3) is 0 Å². The lowest BCUT2D eigenvalue weighted by atomic mass is 10.0. The summed E-state index contributed by atoms with van der Waals surface area (Å²) in [6, 6.07) is 13.2. The Morgan fingerprint density at radius 2 is 1.93 bits per heavy atom. The molecule has 1 unspecified atom stereocenters. The van der Waals surface area contributed by atoms with Crippen LogP contribution in [-0.4, -0.2) is 25.2 Å². The largest absolute Gasteiger partial charge is 0.454 e. The number of nitrogens with one attached hydrogen (secondary N) is 1. The van der Waals surface area contributed by atoms with Gasteiger partial charge in [0, 0.05) is 30.4 Å². The van der Waals surface area contributed by atoms with Crippen molar-refractivity contribution in [3.63, 3.8) is 0 Å². The van der Waals surface area contributed by atoms with Crippen molar-refractivity contribution in [2.75, 3.05) is 23.6 Å². The molecule has 6 nitrogen and oxygen atoms in total. The topological polar surface area (TPSA) is 67.9 Å². The van der Waals surface area contributed by atoms with Crippen LogP contribution in [0.5, 0.6) is 11.5 Å². The van der Waals surface area contributed by atoms with Crippen molar-refractivity contribution in [1.29, 1.82) is 0 Å². The van der Waals surface area contributed by atoms with Gasteiger partial charge in [0.2, 0.25) is 18.6 Å².